The lowest BCUT2D eigenvalue weighted by molar-refractivity contribution is 0.629. The van der Waals surface area contributed by atoms with Crippen LogP contribution in [0.25, 0.3) is 22.3 Å². The van der Waals surface area contributed by atoms with E-state index < -0.39 is 0 Å². The molecule has 0 aliphatic carbocycles. The fourth-order valence-corrected chi connectivity index (χ4v) is 2.75. The Kier molecular flexibility index (Phi) is 3.28. The summed E-state index contributed by atoms with van der Waals surface area (Å²) in [6.07, 6.45) is 0. The molecule has 0 saturated heterocycles. The molecule has 0 bridgehead atoms. The lowest BCUT2D eigenvalue weighted by atomic mass is 10.1. The van der Waals surface area contributed by atoms with Crippen molar-refractivity contribution in [1.82, 2.24) is 0 Å². The van der Waals surface area contributed by atoms with Crippen molar-refractivity contribution in [3.8, 4) is 11.3 Å². The van der Waals surface area contributed by atoms with Gasteiger partial charge in [-0.15, -0.1) is 0 Å². The highest BCUT2D eigenvalue weighted by atomic mass is 35.5. The third kappa shape index (κ3) is 2.21. The van der Waals surface area contributed by atoms with Gasteiger partial charge in [0.1, 0.15) is 11.3 Å². The summed E-state index contributed by atoms with van der Waals surface area (Å²) in [7, 11) is 0. The fraction of sp³-hybridized carbons (Fsp3) is 0.176. The lowest BCUT2D eigenvalue weighted by Crippen LogP contribution is -2.05. The highest BCUT2D eigenvalue weighted by Crippen LogP contribution is 2.32. The molecule has 0 amide bonds. The first-order chi connectivity index (χ1) is 9.56. The van der Waals surface area contributed by atoms with Crippen LogP contribution in [0.5, 0.6) is 0 Å². The molecule has 1 heterocycles. The summed E-state index contributed by atoms with van der Waals surface area (Å²) in [4.78, 5) is 0. The quantitative estimate of drug-likeness (QED) is 0.713. The molecule has 1 atom stereocenters. The van der Waals surface area contributed by atoms with E-state index in [1.807, 2.05) is 56.3 Å². The van der Waals surface area contributed by atoms with E-state index in [0.29, 0.717) is 5.02 Å². The molecule has 0 spiro atoms. The summed E-state index contributed by atoms with van der Waals surface area (Å²) in [5.41, 5.74) is 9.85. The van der Waals surface area contributed by atoms with Crippen molar-refractivity contribution in [2.45, 2.75) is 19.9 Å². The van der Waals surface area contributed by atoms with Crippen LogP contribution in [-0.2, 0) is 0 Å². The molecule has 20 heavy (non-hydrogen) atoms. The van der Waals surface area contributed by atoms with Gasteiger partial charge >= 0.3 is 0 Å². The van der Waals surface area contributed by atoms with Gasteiger partial charge in [-0.3, -0.25) is 0 Å². The molecule has 2 N–H and O–H groups in total. The number of hydrogen-bond acceptors (Lipinski definition) is 2. The SMILES string of the molecule is Cc1cccc2cc(-c3ccc(C(C)N)c(Cl)c3)oc12. The zero-order valence-electron chi connectivity index (χ0n) is 11.5. The van der Waals surface area contributed by atoms with Crippen molar-refractivity contribution in [2.24, 2.45) is 5.73 Å². The third-order valence-corrected chi connectivity index (χ3v) is 3.84. The Morgan fingerprint density at radius 2 is 1.95 bits per heavy atom. The minimum atomic E-state index is -0.0746. The summed E-state index contributed by atoms with van der Waals surface area (Å²) >= 11 is 6.28. The maximum absolute atomic E-state index is 6.28. The van der Waals surface area contributed by atoms with Crippen LogP contribution in [0.3, 0.4) is 0 Å². The molecule has 102 valence electrons. The molecule has 2 nitrogen and oxygen atoms in total. The van der Waals surface area contributed by atoms with Gasteiger partial charge in [-0.25, -0.2) is 0 Å². The van der Waals surface area contributed by atoms with E-state index in [9.17, 15) is 0 Å². The van der Waals surface area contributed by atoms with E-state index in [4.69, 9.17) is 21.8 Å². The largest absolute Gasteiger partial charge is 0.456 e. The zero-order valence-corrected chi connectivity index (χ0v) is 12.2. The highest BCUT2D eigenvalue weighted by Gasteiger charge is 2.11. The average Bonchev–Trinajstić information content (AvgIpc) is 2.83. The number of hydrogen-bond donors (Lipinski definition) is 1. The number of nitrogens with two attached hydrogens (primary N) is 1. The van der Waals surface area contributed by atoms with Crippen molar-refractivity contribution >= 4 is 22.6 Å². The average molecular weight is 286 g/mol. The maximum Gasteiger partial charge on any atom is 0.137 e. The lowest BCUT2D eigenvalue weighted by Gasteiger charge is -2.08. The van der Waals surface area contributed by atoms with Crippen LogP contribution in [0.1, 0.15) is 24.1 Å². The number of rotatable bonds is 2. The minimum Gasteiger partial charge on any atom is -0.456 e. The first kappa shape index (κ1) is 13.2. The monoisotopic (exact) mass is 285 g/mol. The molecule has 3 heteroatoms. The summed E-state index contributed by atoms with van der Waals surface area (Å²) in [5.74, 6) is 0.826. The number of halogens is 1. The maximum atomic E-state index is 6.28. The van der Waals surface area contributed by atoms with Crippen LogP contribution in [0.15, 0.2) is 46.9 Å². The van der Waals surface area contributed by atoms with Crippen LogP contribution in [0.4, 0.5) is 0 Å². The molecule has 0 radical (unpaired) electrons. The number of fused-ring (bicyclic) bond motifs is 1. The standard InChI is InChI=1S/C17H16ClNO/c1-10-4-3-5-13-9-16(20-17(10)13)12-6-7-14(11(2)19)15(18)8-12/h3-9,11H,19H2,1-2H3. The molecule has 0 saturated carbocycles. The van der Waals surface area contributed by atoms with E-state index in [2.05, 4.69) is 0 Å². The van der Waals surface area contributed by atoms with Gasteiger partial charge in [0.05, 0.1) is 0 Å². The normalized spacial score (nSPS) is 12.8. The van der Waals surface area contributed by atoms with Gasteiger partial charge in [0.15, 0.2) is 0 Å². The van der Waals surface area contributed by atoms with Gasteiger partial charge in [0.25, 0.3) is 0 Å². The number of aryl methyl sites for hydroxylation is 1. The third-order valence-electron chi connectivity index (χ3n) is 3.52. The van der Waals surface area contributed by atoms with Crippen LogP contribution in [-0.4, -0.2) is 0 Å². The molecule has 0 fully saturated rings. The Hall–Kier alpha value is -1.77. The van der Waals surface area contributed by atoms with E-state index in [0.717, 1.165) is 33.4 Å². The van der Waals surface area contributed by atoms with Gasteiger partial charge in [-0.05, 0) is 37.1 Å². The van der Waals surface area contributed by atoms with E-state index >= 15 is 0 Å². The minimum absolute atomic E-state index is 0.0746. The Morgan fingerprint density at radius 1 is 1.15 bits per heavy atom. The Labute approximate surface area is 123 Å². The second-order valence-corrected chi connectivity index (χ2v) is 5.54. The Bertz CT molecular complexity index is 774. The zero-order chi connectivity index (χ0) is 14.3. The number of para-hydroxylation sites is 1. The molecular formula is C17H16ClNO. The smallest absolute Gasteiger partial charge is 0.137 e. The van der Waals surface area contributed by atoms with Gasteiger partial charge in [0.2, 0.25) is 0 Å². The van der Waals surface area contributed by atoms with E-state index in [1.54, 1.807) is 0 Å². The van der Waals surface area contributed by atoms with Gasteiger partial charge in [-0.1, -0.05) is 41.9 Å². The summed E-state index contributed by atoms with van der Waals surface area (Å²) < 4.78 is 5.95. The Balaban J connectivity index is 2.11. The van der Waals surface area contributed by atoms with E-state index in [1.165, 1.54) is 0 Å². The molecule has 3 aromatic rings. The second-order valence-electron chi connectivity index (χ2n) is 5.13. The topological polar surface area (TPSA) is 39.2 Å². The predicted octanol–water partition coefficient (Wildman–Crippen LogP) is 5.08. The number of benzene rings is 2. The molecule has 3 rings (SSSR count). The molecule has 1 aromatic heterocycles. The first-order valence-electron chi connectivity index (χ1n) is 6.61. The second kappa shape index (κ2) is 4.97. The van der Waals surface area contributed by atoms with Crippen LogP contribution in [0, 0.1) is 6.92 Å². The van der Waals surface area contributed by atoms with Crippen molar-refractivity contribution < 1.29 is 4.42 Å². The molecule has 0 aliphatic heterocycles. The highest BCUT2D eigenvalue weighted by molar-refractivity contribution is 6.31. The molecule has 2 aromatic carbocycles. The molecular weight excluding hydrogens is 270 g/mol. The van der Waals surface area contributed by atoms with Gasteiger partial charge < -0.3 is 10.2 Å². The Morgan fingerprint density at radius 3 is 2.60 bits per heavy atom. The summed E-state index contributed by atoms with van der Waals surface area (Å²) in [6.45, 7) is 3.97. The van der Waals surface area contributed by atoms with Crippen molar-refractivity contribution in [2.75, 3.05) is 0 Å². The van der Waals surface area contributed by atoms with Crippen LogP contribution >= 0.6 is 11.6 Å². The summed E-state index contributed by atoms with van der Waals surface area (Å²) in [5, 5.41) is 1.78. The number of furan rings is 1. The first-order valence-corrected chi connectivity index (χ1v) is 6.98. The molecule has 0 aliphatic rings. The van der Waals surface area contributed by atoms with Gasteiger partial charge in [0, 0.05) is 22.0 Å². The van der Waals surface area contributed by atoms with Crippen molar-refractivity contribution in [3.05, 3.63) is 58.6 Å². The van der Waals surface area contributed by atoms with Crippen LogP contribution < -0.4 is 5.73 Å². The van der Waals surface area contributed by atoms with Gasteiger partial charge in [-0.2, -0.15) is 0 Å². The molecule has 1 unspecified atom stereocenters. The predicted molar refractivity (Wildman–Crippen MR) is 84.0 cm³/mol. The fourth-order valence-electron chi connectivity index (χ4n) is 2.40. The van der Waals surface area contributed by atoms with Crippen molar-refractivity contribution in [3.63, 3.8) is 0 Å². The van der Waals surface area contributed by atoms with Crippen LogP contribution in [0.2, 0.25) is 5.02 Å². The van der Waals surface area contributed by atoms with E-state index in [-0.39, 0.29) is 6.04 Å². The summed E-state index contributed by atoms with van der Waals surface area (Å²) in [6, 6.07) is 14.0. The van der Waals surface area contributed by atoms with Crippen molar-refractivity contribution in [1.29, 1.82) is 0 Å².